The smallest absolute Gasteiger partial charge is 0.319 e. The van der Waals surface area contributed by atoms with E-state index in [2.05, 4.69) is 15.6 Å². The van der Waals surface area contributed by atoms with E-state index in [1.165, 1.54) is 0 Å². The molecule has 20 heavy (non-hydrogen) atoms. The Balaban J connectivity index is 1.74. The zero-order chi connectivity index (χ0) is 14.2. The summed E-state index contributed by atoms with van der Waals surface area (Å²) in [7, 11) is 1.61. The van der Waals surface area contributed by atoms with Crippen LogP contribution in [-0.4, -0.2) is 24.7 Å². The van der Waals surface area contributed by atoms with Crippen LogP contribution < -0.4 is 15.4 Å². The second-order valence-corrected chi connectivity index (χ2v) is 4.21. The maximum atomic E-state index is 11.7. The number of urea groups is 1. The normalized spacial score (nSPS) is 9.85. The van der Waals surface area contributed by atoms with E-state index in [1.807, 2.05) is 12.1 Å². The van der Waals surface area contributed by atoms with Gasteiger partial charge in [0, 0.05) is 24.6 Å². The van der Waals surface area contributed by atoms with E-state index in [9.17, 15) is 4.79 Å². The molecule has 0 fully saturated rings. The maximum absolute atomic E-state index is 11.7. The number of nitrogens with one attached hydrogen (secondary N) is 2. The fourth-order valence-corrected chi connectivity index (χ4v) is 1.72. The number of hydrogen-bond donors (Lipinski definition) is 2. The largest absolute Gasteiger partial charge is 0.497 e. The van der Waals surface area contributed by atoms with Gasteiger partial charge >= 0.3 is 6.03 Å². The van der Waals surface area contributed by atoms with Gasteiger partial charge in [-0.05, 0) is 48.4 Å². The number of benzene rings is 1. The van der Waals surface area contributed by atoms with Crippen LogP contribution in [0, 0.1) is 0 Å². The zero-order valence-corrected chi connectivity index (χ0v) is 11.3. The van der Waals surface area contributed by atoms with Crippen molar-refractivity contribution in [2.24, 2.45) is 0 Å². The molecule has 2 aromatic rings. The molecule has 2 rings (SSSR count). The Labute approximate surface area is 118 Å². The minimum absolute atomic E-state index is 0.218. The summed E-state index contributed by atoms with van der Waals surface area (Å²) in [5.74, 6) is 0.758. The van der Waals surface area contributed by atoms with Gasteiger partial charge in [-0.25, -0.2) is 4.79 Å². The number of carbonyl (C=O) groups is 1. The van der Waals surface area contributed by atoms with Crippen molar-refractivity contribution in [3.05, 3.63) is 54.4 Å². The summed E-state index contributed by atoms with van der Waals surface area (Å²) in [4.78, 5) is 15.6. The quantitative estimate of drug-likeness (QED) is 0.878. The molecule has 0 saturated heterocycles. The monoisotopic (exact) mass is 271 g/mol. The number of amides is 2. The third-order valence-corrected chi connectivity index (χ3v) is 2.80. The summed E-state index contributed by atoms with van der Waals surface area (Å²) in [6.45, 7) is 0.575. The standard InChI is InChI=1S/C15H17N3O2/c1-20-14-4-2-13(3-5-14)18-15(19)17-11-8-12-6-9-16-10-7-12/h2-7,9-10H,8,11H2,1H3,(H2,17,18,19). The van der Waals surface area contributed by atoms with Crippen LogP contribution in [0.5, 0.6) is 5.75 Å². The molecule has 0 bridgehead atoms. The predicted molar refractivity (Wildman–Crippen MR) is 78.0 cm³/mol. The Morgan fingerprint density at radius 1 is 1.15 bits per heavy atom. The van der Waals surface area contributed by atoms with E-state index in [0.29, 0.717) is 6.54 Å². The first-order valence-electron chi connectivity index (χ1n) is 6.36. The molecule has 0 aliphatic carbocycles. The molecule has 2 amide bonds. The Kier molecular flexibility index (Phi) is 4.94. The first-order valence-corrected chi connectivity index (χ1v) is 6.36. The van der Waals surface area contributed by atoms with Crippen LogP contribution in [-0.2, 0) is 6.42 Å². The fourth-order valence-electron chi connectivity index (χ4n) is 1.72. The summed E-state index contributed by atoms with van der Waals surface area (Å²) in [6, 6.07) is 10.8. The van der Waals surface area contributed by atoms with Gasteiger partial charge in [-0.1, -0.05) is 0 Å². The molecule has 0 saturated carbocycles. The number of ether oxygens (including phenoxy) is 1. The number of anilines is 1. The zero-order valence-electron chi connectivity index (χ0n) is 11.3. The molecule has 0 radical (unpaired) electrons. The molecule has 2 N–H and O–H groups in total. The Morgan fingerprint density at radius 2 is 1.85 bits per heavy atom. The Hall–Kier alpha value is -2.56. The van der Waals surface area contributed by atoms with Crippen molar-refractivity contribution >= 4 is 11.7 Å². The van der Waals surface area contributed by atoms with E-state index in [-0.39, 0.29) is 6.03 Å². The summed E-state index contributed by atoms with van der Waals surface area (Å²) < 4.78 is 5.05. The fraction of sp³-hybridized carbons (Fsp3) is 0.200. The number of nitrogens with zero attached hydrogens (tertiary/aromatic N) is 1. The molecule has 1 aromatic carbocycles. The van der Waals surface area contributed by atoms with Crippen LogP contribution in [0.25, 0.3) is 0 Å². The van der Waals surface area contributed by atoms with E-state index < -0.39 is 0 Å². The lowest BCUT2D eigenvalue weighted by atomic mass is 10.2. The first kappa shape index (κ1) is 13.9. The number of pyridine rings is 1. The second-order valence-electron chi connectivity index (χ2n) is 4.21. The molecule has 5 heteroatoms. The number of hydrogen-bond acceptors (Lipinski definition) is 3. The first-order chi connectivity index (χ1) is 9.78. The highest BCUT2D eigenvalue weighted by Crippen LogP contribution is 2.14. The van der Waals surface area contributed by atoms with Crippen LogP contribution in [0.1, 0.15) is 5.56 Å². The second kappa shape index (κ2) is 7.13. The van der Waals surface area contributed by atoms with Crippen molar-refractivity contribution < 1.29 is 9.53 Å². The third kappa shape index (κ3) is 4.28. The highest BCUT2D eigenvalue weighted by Gasteiger charge is 2.01. The summed E-state index contributed by atoms with van der Waals surface area (Å²) in [5, 5.41) is 5.57. The van der Waals surface area contributed by atoms with E-state index >= 15 is 0 Å². The van der Waals surface area contributed by atoms with Gasteiger partial charge in [-0.2, -0.15) is 0 Å². The highest BCUT2D eigenvalue weighted by molar-refractivity contribution is 5.89. The molecule has 104 valence electrons. The maximum Gasteiger partial charge on any atom is 0.319 e. The lowest BCUT2D eigenvalue weighted by Gasteiger charge is -2.08. The summed E-state index contributed by atoms with van der Waals surface area (Å²) in [6.07, 6.45) is 4.26. The van der Waals surface area contributed by atoms with Gasteiger partial charge in [0.15, 0.2) is 0 Å². The van der Waals surface area contributed by atoms with Gasteiger partial charge in [0.2, 0.25) is 0 Å². The lowest BCUT2D eigenvalue weighted by Crippen LogP contribution is -2.30. The van der Waals surface area contributed by atoms with Gasteiger partial charge in [-0.15, -0.1) is 0 Å². The van der Waals surface area contributed by atoms with Crippen molar-refractivity contribution in [2.75, 3.05) is 19.0 Å². The van der Waals surface area contributed by atoms with Crippen LogP contribution in [0.4, 0.5) is 10.5 Å². The van der Waals surface area contributed by atoms with E-state index in [4.69, 9.17) is 4.74 Å². The summed E-state index contributed by atoms with van der Waals surface area (Å²) >= 11 is 0. The SMILES string of the molecule is COc1ccc(NC(=O)NCCc2ccncc2)cc1. The van der Waals surface area contributed by atoms with Gasteiger partial charge in [0.25, 0.3) is 0 Å². The van der Waals surface area contributed by atoms with Crippen molar-refractivity contribution in [1.82, 2.24) is 10.3 Å². The predicted octanol–water partition coefficient (Wildman–Crippen LogP) is 2.45. The Bertz CT molecular complexity index is 541. The van der Waals surface area contributed by atoms with Gasteiger partial charge in [0.05, 0.1) is 7.11 Å². The van der Waals surface area contributed by atoms with Crippen LogP contribution in [0.15, 0.2) is 48.8 Å². The van der Waals surface area contributed by atoms with Crippen molar-refractivity contribution in [1.29, 1.82) is 0 Å². The summed E-state index contributed by atoms with van der Waals surface area (Å²) in [5.41, 5.74) is 1.87. The minimum Gasteiger partial charge on any atom is -0.497 e. The van der Waals surface area contributed by atoms with Crippen molar-refractivity contribution in [3.8, 4) is 5.75 Å². The molecule has 1 aromatic heterocycles. The van der Waals surface area contributed by atoms with Crippen LogP contribution in [0.3, 0.4) is 0 Å². The molecule has 0 aliphatic rings. The number of aromatic nitrogens is 1. The van der Waals surface area contributed by atoms with Gasteiger partial charge in [-0.3, -0.25) is 4.98 Å². The highest BCUT2D eigenvalue weighted by atomic mass is 16.5. The van der Waals surface area contributed by atoms with Crippen LogP contribution >= 0.6 is 0 Å². The lowest BCUT2D eigenvalue weighted by molar-refractivity contribution is 0.252. The average molecular weight is 271 g/mol. The number of carbonyl (C=O) groups excluding carboxylic acids is 1. The molecular formula is C15H17N3O2. The topological polar surface area (TPSA) is 63.2 Å². The van der Waals surface area contributed by atoms with Gasteiger partial charge in [0.1, 0.15) is 5.75 Å². The average Bonchev–Trinajstić information content (AvgIpc) is 2.49. The molecule has 5 nitrogen and oxygen atoms in total. The van der Waals surface area contributed by atoms with Crippen LogP contribution in [0.2, 0.25) is 0 Å². The third-order valence-electron chi connectivity index (χ3n) is 2.80. The number of rotatable bonds is 5. The Morgan fingerprint density at radius 3 is 2.50 bits per heavy atom. The molecule has 0 aliphatic heterocycles. The van der Waals surface area contributed by atoms with E-state index in [1.54, 1.807) is 43.8 Å². The van der Waals surface area contributed by atoms with Crippen molar-refractivity contribution in [2.45, 2.75) is 6.42 Å². The van der Waals surface area contributed by atoms with Crippen molar-refractivity contribution in [3.63, 3.8) is 0 Å². The molecule has 0 spiro atoms. The van der Waals surface area contributed by atoms with Gasteiger partial charge < -0.3 is 15.4 Å². The minimum atomic E-state index is -0.218. The molecule has 0 atom stereocenters. The number of methoxy groups -OCH3 is 1. The molecule has 0 unspecified atom stereocenters. The molecular weight excluding hydrogens is 254 g/mol. The van der Waals surface area contributed by atoms with E-state index in [0.717, 1.165) is 23.4 Å². The molecule has 1 heterocycles.